The Bertz CT molecular complexity index is 673. The van der Waals surface area contributed by atoms with Gasteiger partial charge in [-0.15, -0.1) is 0 Å². The molecule has 1 unspecified atom stereocenters. The fourth-order valence-corrected chi connectivity index (χ4v) is 2.05. The maximum atomic E-state index is 12.1. The number of rotatable bonds is 5. The maximum absolute atomic E-state index is 12.1. The molecule has 2 rings (SSSR count). The van der Waals surface area contributed by atoms with Crippen molar-refractivity contribution >= 4 is 11.8 Å². The molecule has 0 aliphatic rings. The lowest BCUT2D eigenvalue weighted by atomic mass is 10.0. The molecule has 0 bridgehead atoms. The van der Waals surface area contributed by atoms with Crippen LogP contribution in [0.4, 0.5) is 0 Å². The van der Waals surface area contributed by atoms with Gasteiger partial charge in [-0.1, -0.05) is 0 Å². The average Bonchev–Trinajstić information content (AvgIpc) is 3.07. The first-order valence-corrected chi connectivity index (χ1v) is 7.17. The molecule has 0 fully saturated rings. The second-order valence-electron chi connectivity index (χ2n) is 5.71. The Hall–Kier alpha value is -2.60. The summed E-state index contributed by atoms with van der Waals surface area (Å²) in [6, 6.07) is 9.67. The minimum Gasteiger partial charge on any atom is -0.466 e. The fourth-order valence-electron chi connectivity index (χ4n) is 2.05. The van der Waals surface area contributed by atoms with Crippen LogP contribution in [-0.2, 0) is 5.60 Å². The van der Waals surface area contributed by atoms with Gasteiger partial charge in [-0.25, -0.2) is 0 Å². The zero-order chi connectivity index (χ0) is 17.0. The van der Waals surface area contributed by atoms with Crippen molar-refractivity contribution in [1.82, 2.24) is 10.2 Å². The van der Waals surface area contributed by atoms with Crippen molar-refractivity contribution in [1.29, 1.82) is 0 Å². The molecular formula is C17H20N2O4. The van der Waals surface area contributed by atoms with Crippen LogP contribution in [0.15, 0.2) is 47.1 Å². The molecule has 2 N–H and O–H groups in total. The van der Waals surface area contributed by atoms with Crippen molar-refractivity contribution in [3.8, 4) is 0 Å². The maximum Gasteiger partial charge on any atom is 0.253 e. The molecule has 6 nitrogen and oxygen atoms in total. The minimum absolute atomic E-state index is 0.0116. The molecule has 0 radical (unpaired) electrons. The Balaban J connectivity index is 2.00. The molecule has 2 amide bonds. The predicted octanol–water partition coefficient (Wildman–Crippen LogP) is 1.62. The summed E-state index contributed by atoms with van der Waals surface area (Å²) >= 11 is 0. The lowest BCUT2D eigenvalue weighted by molar-refractivity contribution is 0.0330. The van der Waals surface area contributed by atoms with Crippen LogP contribution in [-0.4, -0.2) is 42.5 Å². The lowest BCUT2D eigenvalue weighted by Crippen LogP contribution is -2.38. The molecule has 0 saturated heterocycles. The quantitative estimate of drug-likeness (QED) is 0.878. The molecule has 1 heterocycles. The number of benzene rings is 1. The minimum atomic E-state index is -1.29. The summed E-state index contributed by atoms with van der Waals surface area (Å²) in [4.78, 5) is 25.4. The van der Waals surface area contributed by atoms with Crippen LogP contribution in [0.2, 0.25) is 0 Å². The van der Waals surface area contributed by atoms with Crippen molar-refractivity contribution in [2.24, 2.45) is 0 Å². The lowest BCUT2D eigenvalue weighted by Gasteiger charge is -2.21. The van der Waals surface area contributed by atoms with Gasteiger partial charge >= 0.3 is 0 Å². The van der Waals surface area contributed by atoms with Gasteiger partial charge in [0.2, 0.25) is 0 Å². The topological polar surface area (TPSA) is 82.8 Å². The van der Waals surface area contributed by atoms with E-state index in [1.807, 2.05) is 0 Å². The summed E-state index contributed by atoms with van der Waals surface area (Å²) in [7, 11) is 3.33. The Morgan fingerprint density at radius 2 is 1.78 bits per heavy atom. The van der Waals surface area contributed by atoms with Gasteiger partial charge in [-0.3, -0.25) is 9.59 Å². The first kappa shape index (κ1) is 16.8. The van der Waals surface area contributed by atoms with Gasteiger partial charge in [0.15, 0.2) is 0 Å². The van der Waals surface area contributed by atoms with Crippen LogP contribution in [0.25, 0.3) is 0 Å². The highest BCUT2D eigenvalue weighted by Gasteiger charge is 2.27. The molecule has 1 atom stereocenters. The van der Waals surface area contributed by atoms with E-state index in [-0.39, 0.29) is 18.4 Å². The summed E-state index contributed by atoms with van der Waals surface area (Å²) < 4.78 is 5.16. The van der Waals surface area contributed by atoms with Gasteiger partial charge in [0.25, 0.3) is 11.8 Å². The molecule has 0 aliphatic carbocycles. The number of nitrogens with one attached hydrogen (secondary N) is 1. The number of carbonyl (C=O) groups is 2. The first-order valence-electron chi connectivity index (χ1n) is 7.17. The van der Waals surface area contributed by atoms with E-state index in [0.717, 1.165) is 0 Å². The number of nitrogens with zero attached hydrogens (tertiary/aromatic N) is 1. The second kappa shape index (κ2) is 6.66. The standard InChI is InChI=1S/C17H20N2O4/c1-17(22,14-5-4-10-23-14)11-18-15(20)12-6-8-13(9-7-12)16(21)19(2)3/h4-10,22H,11H2,1-3H3,(H,18,20). The van der Waals surface area contributed by atoms with E-state index >= 15 is 0 Å². The third-order valence-electron chi connectivity index (χ3n) is 3.45. The van der Waals surface area contributed by atoms with Gasteiger partial charge in [-0.2, -0.15) is 0 Å². The van der Waals surface area contributed by atoms with Crippen LogP contribution < -0.4 is 5.32 Å². The van der Waals surface area contributed by atoms with Crippen molar-refractivity contribution < 1.29 is 19.1 Å². The van der Waals surface area contributed by atoms with Gasteiger partial charge in [0, 0.05) is 25.2 Å². The van der Waals surface area contributed by atoms with Gasteiger partial charge in [0.1, 0.15) is 11.4 Å². The smallest absolute Gasteiger partial charge is 0.253 e. The summed E-state index contributed by atoms with van der Waals surface area (Å²) in [5, 5.41) is 12.9. The predicted molar refractivity (Wildman–Crippen MR) is 85.1 cm³/mol. The molecule has 0 saturated carbocycles. The van der Waals surface area contributed by atoms with E-state index in [9.17, 15) is 14.7 Å². The molecule has 0 aliphatic heterocycles. The molecular weight excluding hydrogens is 296 g/mol. The average molecular weight is 316 g/mol. The van der Waals surface area contributed by atoms with Crippen LogP contribution in [0.1, 0.15) is 33.4 Å². The van der Waals surface area contributed by atoms with Crippen molar-refractivity contribution in [2.75, 3.05) is 20.6 Å². The zero-order valence-electron chi connectivity index (χ0n) is 13.4. The fraction of sp³-hybridized carbons (Fsp3) is 0.294. The zero-order valence-corrected chi connectivity index (χ0v) is 13.4. The normalized spacial score (nSPS) is 13.2. The summed E-state index contributed by atoms with van der Waals surface area (Å²) in [5.74, 6) is -0.0804. The number of carbonyl (C=O) groups excluding carboxylic acids is 2. The number of aliphatic hydroxyl groups is 1. The van der Waals surface area contributed by atoms with Crippen molar-refractivity contribution in [3.63, 3.8) is 0 Å². The molecule has 2 aromatic rings. The monoisotopic (exact) mass is 316 g/mol. The third-order valence-corrected chi connectivity index (χ3v) is 3.45. The first-order chi connectivity index (χ1) is 10.8. The van der Waals surface area contributed by atoms with Crippen LogP contribution in [0, 0.1) is 0 Å². The number of amides is 2. The highest BCUT2D eigenvalue weighted by atomic mass is 16.4. The van der Waals surface area contributed by atoms with Gasteiger partial charge in [-0.05, 0) is 43.3 Å². The number of hydrogen-bond donors (Lipinski definition) is 2. The molecule has 6 heteroatoms. The Kier molecular flexibility index (Phi) is 4.86. The van der Waals surface area contributed by atoms with Crippen LogP contribution >= 0.6 is 0 Å². The largest absolute Gasteiger partial charge is 0.466 e. The van der Waals surface area contributed by atoms with Crippen LogP contribution in [0.5, 0.6) is 0 Å². The van der Waals surface area contributed by atoms with Crippen LogP contribution in [0.3, 0.4) is 0 Å². The highest BCUT2D eigenvalue weighted by Crippen LogP contribution is 2.20. The number of furan rings is 1. The molecule has 1 aromatic heterocycles. The van der Waals surface area contributed by atoms with E-state index in [2.05, 4.69) is 5.32 Å². The van der Waals surface area contributed by atoms with E-state index < -0.39 is 5.60 Å². The summed E-state index contributed by atoms with van der Waals surface area (Å²) in [6.07, 6.45) is 1.46. The number of hydrogen-bond acceptors (Lipinski definition) is 4. The Labute approximate surface area is 134 Å². The van der Waals surface area contributed by atoms with Crippen molar-refractivity contribution in [3.05, 3.63) is 59.5 Å². The Morgan fingerprint density at radius 1 is 1.17 bits per heavy atom. The highest BCUT2D eigenvalue weighted by molar-refractivity contribution is 5.97. The summed E-state index contributed by atoms with van der Waals surface area (Å²) in [6.45, 7) is 1.57. The molecule has 0 spiro atoms. The third kappa shape index (κ3) is 3.98. The van der Waals surface area contributed by atoms with E-state index in [4.69, 9.17) is 4.42 Å². The van der Waals surface area contributed by atoms with Crippen molar-refractivity contribution in [2.45, 2.75) is 12.5 Å². The van der Waals surface area contributed by atoms with Gasteiger partial charge in [0.05, 0.1) is 12.8 Å². The van der Waals surface area contributed by atoms with E-state index in [0.29, 0.717) is 16.9 Å². The SMILES string of the molecule is CN(C)C(=O)c1ccc(C(=O)NCC(C)(O)c2ccco2)cc1. The Morgan fingerprint density at radius 3 is 2.30 bits per heavy atom. The van der Waals surface area contributed by atoms with E-state index in [1.54, 1.807) is 57.4 Å². The summed E-state index contributed by atoms with van der Waals surface area (Å²) in [5.41, 5.74) is -0.371. The van der Waals surface area contributed by atoms with Gasteiger partial charge < -0.3 is 19.7 Å². The molecule has 23 heavy (non-hydrogen) atoms. The molecule has 1 aromatic carbocycles. The molecule has 122 valence electrons. The van der Waals surface area contributed by atoms with E-state index in [1.165, 1.54) is 11.2 Å². The second-order valence-corrected chi connectivity index (χ2v) is 5.71.